The Hall–Kier alpha value is -1.84. The van der Waals surface area contributed by atoms with E-state index in [0.717, 1.165) is 41.8 Å². The topological polar surface area (TPSA) is 52.0 Å². The highest BCUT2D eigenvalue weighted by atomic mass is 79.9. The second kappa shape index (κ2) is 8.45. The van der Waals surface area contributed by atoms with Crippen LogP contribution in [0.15, 0.2) is 35.1 Å². The zero-order valence-electron chi connectivity index (χ0n) is 11.6. The van der Waals surface area contributed by atoms with Gasteiger partial charge in [0.15, 0.2) is 0 Å². The zero-order chi connectivity index (χ0) is 14.9. The second-order valence-corrected chi connectivity index (χ2v) is 5.36. The molecule has 1 N–H and O–H groups in total. The number of hydrogen-bond donors (Lipinski definition) is 1. The Labute approximate surface area is 132 Å². The molecule has 110 valence electrons. The standard InChI is InChI=1S/C15H17BrN4O/c1-2-10-21-15-5-4-14(16)11-13(15)12-17-6-3-8-20-9-7-18-19-20/h1,4-5,7,9,11,17H,3,6,8,10,12H2. The van der Waals surface area contributed by atoms with E-state index in [1.54, 1.807) is 6.20 Å². The molecule has 1 aromatic heterocycles. The van der Waals surface area contributed by atoms with Crippen molar-refractivity contribution in [2.45, 2.75) is 19.5 Å². The fraction of sp³-hybridized carbons (Fsp3) is 0.333. The summed E-state index contributed by atoms with van der Waals surface area (Å²) in [6.45, 7) is 2.75. The molecule has 6 heteroatoms. The summed E-state index contributed by atoms with van der Waals surface area (Å²) in [5.74, 6) is 3.30. The highest BCUT2D eigenvalue weighted by molar-refractivity contribution is 9.10. The highest BCUT2D eigenvalue weighted by Crippen LogP contribution is 2.23. The molecule has 0 bridgehead atoms. The average molecular weight is 349 g/mol. The predicted molar refractivity (Wildman–Crippen MR) is 84.8 cm³/mol. The number of nitrogens with zero attached hydrogens (tertiary/aromatic N) is 3. The Morgan fingerprint density at radius 2 is 2.33 bits per heavy atom. The van der Waals surface area contributed by atoms with Crippen molar-refractivity contribution in [3.8, 4) is 18.1 Å². The first kappa shape index (κ1) is 15.5. The van der Waals surface area contributed by atoms with Crippen molar-refractivity contribution in [2.75, 3.05) is 13.2 Å². The van der Waals surface area contributed by atoms with Crippen molar-refractivity contribution < 1.29 is 4.74 Å². The van der Waals surface area contributed by atoms with E-state index in [-0.39, 0.29) is 6.61 Å². The molecule has 0 atom stereocenters. The number of halogens is 1. The minimum atomic E-state index is 0.279. The maximum absolute atomic E-state index is 5.54. The van der Waals surface area contributed by atoms with Gasteiger partial charge in [-0.2, -0.15) is 0 Å². The second-order valence-electron chi connectivity index (χ2n) is 4.44. The van der Waals surface area contributed by atoms with E-state index in [9.17, 15) is 0 Å². The first-order chi connectivity index (χ1) is 10.3. The molecule has 0 aliphatic rings. The van der Waals surface area contributed by atoms with Gasteiger partial charge in [-0.1, -0.05) is 27.1 Å². The number of rotatable bonds is 8. The normalized spacial score (nSPS) is 10.3. The molecule has 0 spiro atoms. The van der Waals surface area contributed by atoms with Crippen molar-refractivity contribution in [2.24, 2.45) is 0 Å². The number of terminal acetylenes is 1. The van der Waals surface area contributed by atoms with Crippen LogP contribution in [0, 0.1) is 12.3 Å². The molecule has 0 radical (unpaired) electrons. The van der Waals surface area contributed by atoms with E-state index in [2.05, 4.69) is 37.5 Å². The van der Waals surface area contributed by atoms with Gasteiger partial charge in [0, 0.05) is 29.3 Å². The van der Waals surface area contributed by atoms with Gasteiger partial charge < -0.3 is 10.1 Å². The van der Waals surface area contributed by atoms with E-state index in [1.165, 1.54) is 0 Å². The number of ether oxygens (including phenoxy) is 1. The van der Waals surface area contributed by atoms with Gasteiger partial charge in [0.25, 0.3) is 0 Å². The molecule has 2 rings (SSSR count). The third-order valence-corrected chi connectivity index (χ3v) is 3.35. The number of nitrogens with one attached hydrogen (secondary N) is 1. The predicted octanol–water partition coefficient (Wildman–Crippen LogP) is 2.23. The maximum Gasteiger partial charge on any atom is 0.148 e. The van der Waals surface area contributed by atoms with Crippen molar-refractivity contribution in [3.05, 3.63) is 40.6 Å². The third kappa shape index (κ3) is 5.21. The Morgan fingerprint density at radius 1 is 1.43 bits per heavy atom. The summed E-state index contributed by atoms with van der Waals surface area (Å²) < 4.78 is 8.38. The van der Waals surface area contributed by atoms with Gasteiger partial charge >= 0.3 is 0 Å². The van der Waals surface area contributed by atoms with Gasteiger partial charge in [-0.05, 0) is 31.2 Å². The lowest BCUT2D eigenvalue weighted by Gasteiger charge is -2.11. The summed E-state index contributed by atoms with van der Waals surface area (Å²) in [6, 6.07) is 5.91. The lowest BCUT2D eigenvalue weighted by Crippen LogP contribution is -2.17. The molecule has 0 fully saturated rings. The minimum absolute atomic E-state index is 0.279. The molecule has 0 unspecified atom stereocenters. The molecule has 1 heterocycles. The Morgan fingerprint density at radius 3 is 3.10 bits per heavy atom. The van der Waals surface area contributed by atoms with Crippen LogP contribution >= 0.6 is 15.9 Å². The Balaban J connectivity index is 1.78. The van der Waals surface area contributed by atoms with Crippen LogP contribution < -0.4 is 10.1 Å². The van der Waals surface area contributed by atoms with Crippen LogP contribution in [0.2, 0.25) is 0 Å². The molecule has 0 amide bonds. The largest absolute Gasteiger partial charge is 0.481 e. The van der Waals surface area contributed by atoms with Gasteiger partial charge in [0.2, 0.25) is 0 Å². The summed E-state index contributed by atoms with van der Waals surface area (Å²) >= 11 is 3.47. The molecule has 2 aromatic rings. The van der Waals surface area contributed by atoms with Gasteiger partial charge in [0.05, 0.1) is 6.20 Å². The highest BCUT2D eigenvalue weighted by Gasteiger charge is 2.04. The number of aryl methyl sites for hydroxylation is 1. The van der Waals surface area contributed by atoms with Crippen molar-refractivity contribution in [1.82, 2.24) is 20.3 Å². The molecule has 0 aliphatic heterocycles. The first-order valence-electron chi connectivity index (χ1n) is 6.69. The fourth-order valence-electron chi connectivity index (χ4n) is 1.89. The summed E-state index contributed by atoms with van der Waals surface area (Å²) in [6.07, 6.45) is 9.76. The fourth-order valence-corrected chi connectivity index (χ4v) is 2.30. The SMILES string of the molecule is C#CCOc1ccc(Br)cc1CNCCCn1ccnn1. The van der Waals surface area contributed by atoms with Crippen LogP contribution in [0.25, 0.3) is 0 Å². The van der Waals surface area contributed by atoms with E-state index < -0.39 is 0 Å². The quantitative estimate of drug-likeness (QED) is 0.587. The van der Waals surface area contributed by atoms with Gasteiger partial charge in [0.1, 0.15) is 12.4 Å². The lowest BCUT2D eigenvalue weighted by atomic mass is 10.2. The summed E-state index contributed by atoms with van der Waals surface area (Å²) in [5.41, 5.74) is 1.08. The molecular weight excluding hydrogens is 332 g/mol. The van der Waals surface area contributed by atoms with Gasteiger partial charge in [-0.25, -0.2) is 0 Å². The smallest absolute Gasteiger partial charge is 0.148 e. The molecule has 5 nitrogen and oxygen atoms in total. The monoisotopic (exact) mass is 348 g/mol. The van der Waals surface area contributed by atoms with E-state index in [0.29, 0.717) is 0 Å². The zero-order valence-corrected chi connectivity index (χ0v) is 13.2. The number of aromatic nitrogens is 3. The average Bonchev–Trinajstić information content (AvgIpc) is 2.99. The van der Waals surface area contributed by atoms with Crippen LogP contribution in [0.1, 0.15) is 12.0 Å². The van der Waals surface area contributed by atoms with Gasteiger partial charge in [-0.3, -0.25) is 4.68 Å². The summed E-state index contributed by atoms with van der Waals surface area (Å²) in [5, 5.41) is 11.1. The lowest BCUT2D eigenvalue weighted by molar-refractivity contribution is 0.364. The Bertz CT molecular complexity index is 592. The van der Waals surface area contributed by atoms with Gasteiger partial charge in [-0.15, -0.1) is 11.5 Å². The summed E-state index contributed by atoms with van der Waals surface area (Å²) in [7, 11) is 0. The van der Waals surface area contributed by atoms with E-state index in [4.69, 9.17) is 11.2 Å². The van der Waals surface area contributed by atoms with Crippen molar-refractivity contribution in [3.63, 3.8) is 0 Å². The molecule has 1 aromatic carbocycles. The molecular formula is C15H17BrN4O. The molecule has 0 saturated carbocycles. The van der Waals surface area contributed by atoms with Crippen LogP contribution in [0.3, 0.4) is 0 Å². The van der Waals surface area contributed by atoms with E-state index in [1.807, 2.05) is 29.1 Å². The maximum atomic E-state index is 5.54. The minimum Gasteiger partial charge on any atom is -0.481 e. The number of hydrogen-bond acceptors (Lipinski definition) is 4. The van der Waals surface area contributed by atoms with Crippen LogP contribution in [0.4, 0.5) is 0 Å². The molecule has 21 heavy (non-hydrogen) atoms. The summed E-state index contributed by atoms with van der Waals surface area (Å²) in [4.78, 5) is 0. The van der Waals surface area contributed by atoms with Crippen LogP contribution in [0.5, 0.6) is 5.75 Å². The Kier molecular flexibility index (Phi) is 6.25. The van der Waals surface area contributed by atoms with Crippen LogP contribution in [-0.2, 0) is 13.1 Å². The van der Waals surface area contributed by atoms with E-state index >= 15 is 0 Å². The van der Waals surface area contributed by atoms with Crippen molar-refractivity contribution >= 4 is 15.9 Å². The van der Waals surface area contributed by atoms with Crippen LogP contribution in [-0.4, -0.2) is 28.1 Å². The molecule has 0 saturated heterocycles. The third-order valence-electron chi connectivity index (χ3n) is 2.86. The van der Waals surface area contributed by atoms with Crippen molar-refractivity contribution in [1.29, 1.82) is 0 Å². The molecule has 0 aliphatic carbocycles. The number of benzene rings is 1. The first-order valence-corrected chi connectivity index (χ1v) is 7.48.